The van der Waals surface area contributed by atoms with Gasteiger partial charge in [0.2, 0.25) is 0 Å². The molecule has 0 fully saturated rings. The van der Waals surface area contributed by atoms with E-state index in [1.165, 1.54) is 0 Å². The van der Waals surface area contributed by atoms with Crippen LogP contribution in [-0.2, 0) is 10.0 Å². The van der Waals surface area contributed by atoms with Crippen LogP contribution in [0.5, 0.6) is 0 Å². The number of aromatic amines is 1. The minimum atomic E-state index is -3.65. The lowest BCUT2D eigenvalue weighted by molar-refractivity contribution is 0.601. The quantitative estimate of drug-likeness (QED) is 0.777. The van der Waals surface area contributed by atoms with Gasteiger partial charge in [-0.05, 0) is 37.6 Å². The van der Waals surface area contributed by atoms with E-state index < -0.39 is 10.0 Å². The summed E-state index contributed by atoms with van der Waals surface area (Å²) in [5.41, 5.74) is 3.35. The molecule has 0 atom stereocenters. The molecule has 108 valence electrons. The molecule has 0 aliphatic rings. The maximum atomic E-state index is 12.5. The number of anilines is 1. The third kappa shape index (κ3) is 2.47. The van der Waals surface area contributed by atoms with Crippen molar-refractivity contribution in [2.24, 2.45) is 0 Å². The van der Waals surface area contributed by atoms with Gasteiger partial charge < -0.3 is 0 Å². The second-order valence-corrected chi connectivity index (χ2v) is 6.55. The van der Waals surface area contributed by atoms with Crippen LogP contribution < -0.4 is 4.72 Å². The van der Waals surface area contributed by atoms with Crippen LogP contribution in [0.4, 0.5) is 5.69 Å². The molecule has 3 aromatic rings. The van der Waals surface area contributed by atoms with Crippen molar-refractivity contribution in [1.82, 2.24) is 15.4 Å². The van der Waals surface area contributed by atoms with E-state index in [4.69, 9.17) is 0 Å². The summed E-state index contributed by atoms with van der Waals surface area (Å²) in [7, 11) is -3.65. The Balaban J connectivity index is 2.07. The number of hydrogen-bond acceptors (Lipinski definition) is 4. The molecule has 3 rings (SSSR count). The fraction of sp³-hybridized carbons (Fsp3) is 0.143. The fourth-order valence-corrected chi connectivity index (χ4v) is 3.19. The number of aryl methyl sites for hydroxylation is 2. The molecule has 0 aliphatic heterocycles. The van der Waals surface area contributed by atoms with E-state index in [1.807, 2.05) is 13.8 Å². The first-order valence-corrected chi connectivity index (χ1v) is 7.85. The van der Waals surface area contributed by atoms with Crippen molar-refractivity contribution in [3.63, 3.8) is 0 Å². The van der Waals surface area contributed by atoms with Gasteiger partial charge in [-0.25, -0.2) is 8.42 Å². The zero-order valence-corrected chi connectivity index (χ0v) is 12.4. The zero-order chi connectivity index (χ0) is 15.0. The predicted octanol–water partition coefficient (Wildman–Crippen LogP) is 2.38. The Morgan fingerprint density at radius 2 is 1.71 bits per heavy atom. The fourth-order valence-electron chi connectivity index (χ4n) is 2.05. The summed E-state index contributed by atoms with van der Waals surface area (Å²) in [4.78, 5) is 0.216. The van der Waals surface area contributed by atoms with Crippen LogP contribution in [0.25, 0.3) is 11.0 Å². The topological polar surface area (TPSA) is 87.7 Å². The van der Waals surface area contributed by atoms with Gasteiger partial charge >= 0.3 is 0 Å². The zero-order valence-electron chi connectivity index (χ0n) is 11.6. The molecule has 0 bridgehead atoms. The highest BCUT2D eigenvalue weighted by molar-refractivity contribution is 7.92. The first-order chi connectivity index (χ1) is 9.97. The van der Waals surface area contributed by atoms with Crippen LogP contribution >= 0.6 is 0 Å². The summed E-state index contributed by atoms with van der Waals surface area (Å²) in [6.07, 6.45) is 0. The summed E-state index contributed by atoms with van der Waals surface area (Å²) in [6, 6.07) is 10.3. The Bertz CT molecular complexity index is 898. The highest BCUT2D eigenvalue weighted by Crippen LogP contribution is 2.26. The molecule has 1 heterocycles. The smallest absolute Gasteiger partial charge is 0.261 e. The molecule has 0 unspecified atom stereocenters. The van der Waals surface area contributed by atoms with Gasteiger partial charge in [-0.15, -0.1) is 0 Å². The predicted molar refractivity (Wildman–Crippen MR) is 80.6 cm³/mol. The Kier molecular flexibility index (Phi) is 3.13. The van der Waals surface area contributed by atoms with Gasteiger partial charge in [0.05, 0.1) is 10.6 Å². The van der Waals surface area contributed by atoms with E-state index in [0.29, 0.717) is 16.7 Å². The monoisotopic (exact) mass is 302 g/mol. The summed E-state index contributed by atoms with van der Waals surface area (Å²) in [5.74, 6) is 0. The molecule has 2 aromatic carbocycles. The first kappa shape index (κ1) is 13.6. The highest BCUT2D eigenvalue weighted by Gasteiger charge is 2.18. The average molecular weight is 302 g/mol. The van der Waals surface area contributed by atoms with E-state index in [-0.39, 0.29) is 4.90 Å². The Labute approximate surface area is 122 Å². The van der Waals surface area contributed by atoms with E-state index in [9.17, 15) is 8.42 Å². The number of fused-ring (bicyclic) bond motifs is 1. The van der Waals surface area contributed by atoms with Crippen molar-refractivity contribution >= 4 is 26.7 Å². The van der Waals surface area contributed by atoms with Crippen LogP contribution in [0, 0.1) is 13.8 Å². The van der Waals surface area contributed by atoms with E-state index in [2.05, 4.69) is 20.1 Å². The number of benzene rings is 2. The van der Waals surface area contributed by atoms with Crippen LogP contribution in [0.1, 0.15) is 11.1 Å². The Hall–Kier alpha value is -2.41. The molecule has 0 amide bonds. The number of nitrogens with one attached hydrogen (secondary N) is 2. The molecule has 21 heavy (non-hydrogen) atoms. The molecule has 7 heteroatoms. The number of sulfonamides is 1. The number of nitrogens with zero attached hydrogens (tertiary/aromatic N) is 2. The van der Waals surface area contributed by atoms with Crippen LogP contribution in [0.3, 0.4) is 0 Å². The Morgan fingerprint density at radius 1 is 1.00 bits per heavy atom. The summed E-state index contributed by atoms with van der Waals surface area (Å²) in [5, 5.41) is 10.5. The van der Waals surface area contributed by atoms with Gasteiger partial charge in [-0.2, -0.15) is 15.4 Å². The molecule has 2 N–H and O–H groups in total. The van der Waals surface area contributed by atoms with Crippen molar-refractivity contribution in [2.75, 3.05) is 4.72 Å². The highest BCUT2D eigenvalue weighted by atomic mass is 32.2. The molecule has 0 spiro atoms. The van der Waals surface area contributed by atoms with Gasteiger partial charge in [0.1, 0.15) is 11.0 Å². The number of aromatic nitrogens is 3. The van der Waals surface area contributed by atoms with Crippen molar-refractivity contribution in [3.8, 4) is 0 Å². The van der Waals surface area contributed by atoms with Crippen molar-refractivity contribution in [2.45, 2.75) is 18.7 Å². The van der Waals surface area contributed by atoms with Crippen molar-refractivity contribution in [1.29, 1.82) is 0 Å². The van der Waals surface area contributed by atoms with E-state index in [1.54, 1.807) is 36.4 Å². The largest absolute Gasteiger partial charge is 0.277 e. The normalized spacial score (nSPS) is 11.7. The van der Waals surface area contributed by atoms with Gasteiger partial charge in [0.25, 0.3) is 10.0 Å². The molecule has 0 saturated carbocycles. The lowest BCUT2D eigenvalue weighted by Gasteiger charge is -2.11. The second-order valence-electron chi connectivity index (χ2n) is 4.87. The molecule has 6 nitrogen and oxygen atoms in total. The summed E-state index contributed by atoms with van der Waals surface area (Å²) >= 11 is 0. The molecule has 0 saturated heterocycles. The SMILES string of the molecule is Cc1ccc(S(=O)(=O)Nc2c(C)ccc3n[nH]nc23)cc1. The molecular weight excluding hydrogens is 288 g/mol. The number of H-pyrrole nitrogens is 1. The third-order valence-electron chi connectivity index (χ3n) is 3.26. The van der Waals surface area contributed by atoms with Crippen LogP contribution in [0.15, 0.2) is 41.3 Å². The van der Waals surface area contributed by atoms with Gasteiger partial charge in [0.15, 0.2) is 0 Å². The standard InChI is InChI=1S/C14H14N4O2S/c1-9-3-6-11(7-4-9)21(19,20)17-13-10(2)5-8-12-14(13)16-18-15-12/h3-8,17H,1-2H3,(H,15,16,18). The molecular formula is C14H14N4O2S. The summed E-state index contributed by atoms with van der Waals surface area (Å²) < 4.78 is 27.5. The van der Waals surface area contributed by atoms with E-state index in [0.717, 1.165) is 11.1 Å². The van der Waals surface area contributed by atoms with Gasteiger partial charge in [0, 0.05) is 0 Å². The van der Waals surface area contributed by atoms with Gasteiger partial charge in [-0.1, -0.05) is 23.8 Å². The minimum absolute atomic E-state index is 0.216. The molecule has 0 aliphatic carbocycles. The number of hydrogen-bond donors (Lipinski definition) is 2. The average Bonchev–Trinajstić information content (AvgIpc) is 2.91. The van der Waals surface area contributed by atoms with Crippen LogP contribution in [-0.4, -0.2) is 23.8 Å². The maximum absolute atomic E-state index is 12.5. The molecule has 1 aromatic heterocycles. The lowest BCUT2D eigenvalue weighted by Crippen LogP contribution is -2.14. The number of rotatable bonds is 3. The minimum Gasteiger partial charge on any atom is -0.277 e. The van der Waals surface area contributed by atoms with Crippen molar-refractivity contribution in [3.05, 3.63) is 47.5 Å². The van der Waals surface area contributed by atoms with Gasteiger partial charge in [-0.3, -0.25) is 4.72 Å². The van der Waals surface area contributed by atoms with Crippen LogP contribution in [0.2, 0.25) is 0 Å². The maximum Gasteiger partial charge on any atom is 0.261 e. The third-order valence-corrected chi connectivity index (χ3v) is 4.63. The molecule has 0 radical (unpaired) electrons. The Morgan fingerprint density at radius 3 is 2.43 bits per heavy atom. The van der Waals surface area contributed by atoms with Crippen molar-refractivity contribution < 1.29 is 8.42 Å². The van der Waals surface area contributed by atoms with E-state index >= 15 is 0 Å². The lowest BCUT2D eigenvalue weighted by atomic mass is 10.2. The first-order valence-electron chi connectivity index (χ1n) is 6.37. The second kappa shape index (κ2) is 4.85. The summed E-state index contributed by atoms with van der Waals surface area (Å²) in [6.45, 7) is 3.73.